The predicted octanol–water partition coefficient (Wildman–Crippen LogP) is 2.95. The maximum Gasteiger partial charge on any atom is 0.225 e. The van der Waals surface area contributed by atoms with Crippen LogP contribution in [-0.2, 0) is 11.8 Å². The first-order chi connectivity index (χ1) is 12.0. The van der Waals surface area contributed by atoms with Crippen molar-refractivity contribution < 1.29 is 4.79 Å². The summed E-state index contributed by atoms with van der Waals surface area (Å²) in [5.41, 5.74) is 1.97. The van der Waals surface area contributed by atoms with E-state index in [0.717, 1.165) is 17.7 Å². The highest BCUT2D eigenvalue weighted by atomic mass is 35.5. The van der Waals surface area contributed by atoms with Crippen molar-refractivity contribution >= 4 is 29.1 Å². The molecule has 1 aromatic heterocycles. The molecule has 3 rings (SSSR count). The number of aromatic nitrogens is 2. The molecule has 0 saturated carbocycles. The topological polar surface area (TPSA) is 59.0 Å². The van der Waals surface area contributed by atoms with E-state index in [2.05, 4.69) is 15.7 Å². The molecule has 2 heterocycles. The van der Waals surface area contributed by atoms with Crippen molar-refractivity contribution in [2.75, 3.05) is 19.6 Å². The van der Waals surface area contributed by atoms with Gasteiger partial charge in [-0.15, -0.1) is 0 Å². The number of carbonyl (C=O) groups excluding carboxylic acids is 1. The lowest BCUT2D eigenvalue weighted by molar-refractivity contribution is -0.124. The van der Waals surface area contributed by atoms with Crippen LogP contribution in [-0.4, -0.2) is 35.3 Å². The van der Waals surface area contributed by atoms with Crippen LogP contribution in [0.15, 0.2) is 30.6 Å². The minimum atomic E-state index is -0.0990. The monoisotopic (exact) mass is 380 g/mol. The second-order valence-electron chi connectivity index (χ2n) is 6.60. The van der Waals surface area contributed by atoms with E-state index in [-0.39, 0.29) is 23.7 Å². The van der Waals surface area contributed by atoms with Crippen LogP contribution in [0.2, 0.25) is 10.0 Å². The number of halogens is 2. The highest BCUT2D eigenvalue weighted by Gasteiger charge is 2.34. The minimum absolute atomic E-state index is 0.0383. The molecule has 5 nitrogen and oxygen atoms in total. The fourth-order valence-electron chi connectivity index (χ4n) is 3.40. The van der Waals surface area contributed by atoms with E-state index < -0.39 is 0 Å². The molecule has 1 saturated heterocycles. The lowest BCUT2D eigenvalue weighted by Gasteiger charge is -2.20. The maximum atomic E-state index is 12.7. The van der Waals surface area contributed by atoms with Crippen LogP contribution in [0.3, 0.4) is 0 Å². The Morgan fingerprint density at radius 1 is 1.40 bits per heavy atom. The fraction of sp³-hybridized carbons (Fsp3) is 0.444. The van der Waals surface area contributed by atoms with Gasteiger partial charge in [0.25, 0.3) is 0 Å². The van der Waals surface area contributed by atoms with Crippen molar-refractivity contribution in [2.45, 2.75) is 18.8 Å². The van der Waals surface area contributed by atoms with E-state index in [9.17, 15) is 4.79 Å². The second-order valence-corrected chi connectivity index (χ2v) is 7.41. The number of rotatable bonds is 5. The van der Waals surface area contributed by atoms with Gasteiger partial charge in [-0.1, -0.05) is 36.2 Å². The van der Waals surface area contributed by atoms with Gasteiger partial charge >= 0.3 is 0 Å². The number of amides is 1. The van der Waals surface area contributed by atoms with Crippen LogP contribution < -0.4 is 10.6 Å². The largest absolute Gasteiger partial charge is 0.355 e. The van der Waals surface area contributed by atoms with Crippen LogP contribution in [0.5, 0.6) is 0 Å². The van der Waals surface area contributed by atoms with E-state index in [1.165, 1.54) is 0 Å². The Bertz CT molecular complexity index is 741. The Labute approximate surface area is 157 Å². The van der Waals surface area contributed by atoms with Gasteiger partial charge < -0.3 is 10.6 Å². The van der Waals surface area contributed by atoms with Crippen molar-refractivity contribution in [1.82, 2.24) is 20.4 Å². The molecular formula is C18H22Cl2N4O. The van der Waals surface area contributed by atoms with Crippen molar-refractivity contribution in [3.8, 4) is 0 Å². The van der Waals surface area contributed by atoms with Crippen molar-refractivity contribution in [3.63, 3.8) is 0 Å². The van der Waals surface area contributed by atoms with E-state index in [1.807, 2.05) is 44.6 Å². The SMILES string of the molecule is CC(CNC(=O)[C@H]1CNC[C@@H]1c1cnn(C)c1)c1c(Cl)cccc1Cl. The van der Waals surface area contributed by atoms with Crippen LogP contribution in [0.25, 0.3) is 0 Å². The van der Waals surface area contributed by atoms with Crippen LogP contribution in [0, 0.1) is 5.92 Å². The van der Waals surface area contributed by atoms with Gasteiger partial charge in [0, 0.05) is 54.8 Å². The second kappa shape index (κ2) is 7.77. The lowest BCUT2D eigenvalue weighted by atomic mass is 9.90. The summed E-state index contributed by atoms with van der Waals surface area (Å²) in [6, 6.07) is 5.46. The number of carbonyl (C=O) groups is 1. The van der Waals surface area contributed by atoms with Crippen molar-refractivity contribution in [1.29, 1.82) is 0 Å². The highest BCUT2D eigenvalue weighted by molar-refractivity contribution is 6.36. The molecule has 0 radical (unpaired) electrons. The first kappa shape index (κ1) is 18.2. The predicted molar refractivity (Wildman–Crippen MR) is 100 cm³/mol. The molecule has 0 aliphatic carbocycles. The van der Waals surface area contributed by atoms with Gasteiger partial charge in [-0.2, -0.15) is 5.10 Å². The molecule has 134 valence electrons. The molecule has 0 bridgehead atoms. The molecule has 1 amide bonds. The van der Waals surface area contributed by atoms with Gasteiger partial charge in [0.1, 0.15) is 0 Å². The summed E-state index contributed by atoms with van der Waals surface area (Å²) in [6.07, 6.45) is 3.81. The Morgan fingerprint density at radius 2 is 2.12 bits per heavy atom. The van der Waals surface area contributed by atoms with Crippen LogP contribution in [0.4, 0.5) is 0 Å². The molecule has 1 aromatic carbocycles. The highest BCUT2D eigenvalue weighted by Crippen LogP contribution is 2.31. The zero-order valence-electron chi connectivity index (χ0n) is 14.3. The molecule has 1 aliphatic heterocycles. The molecule has 1 fully saturated rings. The summed E-state index contributed by atoms with van der Waals surface area (Å²) >= 11 is 12.5. The minimum Gasteiger partial charge on any atom is -0.355 e. The summed E-state index contributed by atoms with van der Waals surface area (Å²) in [5, 5.41) is 11.8. The van der Waals surface area contributed by atoms with Gasteiger partial charge in [-0.3, -0.25) is 9.48 Å². The fourth-order valence-corrected chi connectivity index (χ4v) is 4.17. The zero-order valence-corrected chi connectivity index (χ0v) is 15.8. The molecule has 1 unspecified atom stereocenters. The number of nitrogens with one attached hydrogen (secondary N) is 2. The van der Waals surface area contributed by atoms with Crippen LogP contribution >= 0.6 is 23.2 Å². The summed E-state index contributed by atoms with van der Waals surface area (Å²) in [4.78, 5) is 12.7. The van der Waals surface area contributed by atoms with Gasteiger partial charge in [-0.25, -0.2) is 0 Å². The van der Waals surface area contributed by atoms with E-state index in [4.69, 9.17) is 23.2 Å². The normalized spacial score (nSPS) is 21.3. The Balaban J connectivity index is 1.64. The molecule has 3 atom stereocenters. The molecule has 7 heteroatoms. The molecule has 0 spiro atoms. The average Bonchev–Trinajstić information content (AvgIpc) is 3.21. The van der Waals surface area contributed by atoms with Gasteiger partial charge in [-0.05, 0) is 23.3 Å². The third-order valence-corrected chi connectivity index (χ3v) is 5.44. The quantitative estimate of drug-likeness (QED) is 0.837. The van der Waals surface area contributed by atoms with E-state index >= 15 is 0 Å². The summed E-state index contributed by atoms with van der Waals surface area (Å²) in [6.45, 7) is 3.97. The first-order valence-corrected chi connectivity index (χ1v) is 9.14. The Kier molecular flexibility index (Phi) is 5.67. The lowest BCUT2D eigenvalue weighted by Crippen LogP contribution is -2.36. The van der Waals surface area contributed by atoms with Crippen molar-refractivity contribution in [2.24, 2.45) is 13.0 Å². The summed E-state index contributed by atoms with van der Waals surface area (Å²) in [7, 11) is 1.88. The third kappa shape index (κ3) is 4.00. The molecular weight excluding hydrogens is 359 g/mol. The number of hydrogen-bond acceptors (Lipinski definition) is 3. The summed E-state index contributed by atoms with van der Waals surface area (Å²) < 4.78 is 1.77. The molecule has 25 heavy (non-hydrogen) atoms. The first-order valence-electron chi connectivity index (χ1n) is 8.38. The third-order valence-electron chi connectivity index (χ3n) is 4.78. The van der Waals surface area contributed by atoms with Crippen LogP contribution in [0.1, 0.15) is 29.9 Å². The smallest absolute Gasteiger partial charge is 0.225 e. The van der Waals surface area contributed by atoms with Gasteiger partial charge in [0.2, 0.25) is 5.91 Å². The Morgan fingerprint density at radius 3 is 2.76 bits per heavy atom. The maximum absolute atomic E-state index is 12.7. The van der Waals surface area contributed by atoms with E-state index in [1.54, 1.807) is 4.68 Å². The standard InChI is InChI=1S/C18H22Cl2N4O/c1-11(17-15(19)4-3-5-16(17)20)6-22-18(25)14-9-21-8-13(14)12-7-23-24(2)10-12/h3-5,7,10-11,13-14,21H,6,8-9H2,1-2H3,(H,22,25)/t11?,13-,14+/m1/s1. The van der Waals surface area contributed by atoms with Crippen molar-refractivity contribution in [3.05, 3.63) is 51.8 Å². The average molecular weight is 381 g/mol. The van der Waals surface area contributed by atoms with Gasteiger partial charge in [0.05, 0.1) is 12.1 Å². The number of aryl methyl sites for hydroxylation is 1. The zero-order chi connectivity index (χ0) is 18.0. The number of hydrogen-bond donors (Lipinski definition) is 2. The molecule has 1 aliphatic rings. The van der Waals surface area contributed by atoms with Gasteiger partial charge in [0.15, 0.2) is 0 Å². The number of nitrogens with zero attached hydrogens (tertiary/aromatic N) is 2. The summed E-state index contributed by atoms with van der Waals surface area (Å²) in [5.74, 6) is 0.135. The molecule has 2 aromatic rings. The van der Waals surface area contributed by atoms with E-state index in [0.29, 0.717) is 23.1 Å². The molecule has 2 N–H and O–H groups in total. The number of benzene rings is 1. The Hall–Kier alpha value is -1.56.